The third kappa shape index (κ3) is 4.82. The summed E-state index contributed by atoms with van der Waals surface area (Å²) in [5.41, 5.74) is 0.00795. The number of piperidine rings is 1. The smallest absolute Gasteiger partial charge is 0.410 e. The molecular formula is C24H29F2N3O4S. The van der Waals surface area contributed by atoms with E-state index >= 15 is 0 Å². The molecule has 0 aromatic heterocycles. The first kappa shape index (κ1) is 24.3. The Labute approximate surface area is 199 Å². The molecule has 2 aromatic carbocycles. The van der Waals surface area contributed by atoms with Gasteiger partial charge < -0.3 is 9.64 Å². The van der Waals surface area contributed by atoms with Gasteiger partial charge in [-0.15, -0.1) is 0 Å². The zero-order chi connectivity index (χ0) is 24.7. The summed E-state index contributed by atoms with van der Waals surface area (Å²) in [6.45, 7) is 6.80. The minimum Gasteiger partial charge on any atom is -0.444 e. The van der Waals surface area contributed by atoms with Gasteiger partial charge >= 0.3 is 16.3 Å². The van der Waals surface area contributed by atoms with E-state index in [4.69, 9.17) is 4.74 Å². The second kappa shape index (κ2) is 9.05. The van der Waals surface area contributed by atoms with Gasteiger partial charge in [0, 0.05) is 25.7 Å². The molecule has 0 bridgehead atoms. The van der Waals surface area contributed by atoms with Crippen molar-refractivity contribution in [3.05, 3.63) is 54.1 Å². The number of nitrogens with zero attached hydrogens (tertiary/aromatic N) is 3. The molecule has 34 heavy (non-hydrogen) atoms. The van der Waals surface area contributed by atoms with Crippen LogP contribution >= 0.6 is 0 Å². The Hall–Kier alpha value is -2.88. The van der Waals surface area contributed by atoms with Crippen LogP contribution in [0.4, 0.5) is 30.6 Å². The monoisotopic (exact) mass is 493 g/mol. The van der Waals surface area contributed by atoms with Crippen LogP contribution in [0.2, 0.25) is 0 Å². The summed E-state index contributed by atoms with van der Waals surface area (Å²) in [5, 5.41) is 0. The summed E-state index contributed by atoms with van der Waals surface area (Å²) in [6, 6.07) is 9.54. The van der Waals surface area contributed by atoms with Crippen molar-refractivity contribution in [2.24, 2.45) is 5.92 Å². The highest BCUT2D eigenvalue weighted by Gasteiger charge is 2.42. The Bertz CT molecular complexity index is 1170. The normalized spacial score (nSPS) is 18.2. The van der Waals surface area contributed by atoms with Crippen LogP contribution < -0.4 is 8.61 Å². The highest BCUT2D eigenvalue weighted by atomic mass is 32.2. The van der Waals surface area contributed by atoms with Gasteiger partial charge in [0.2, 0.25) is 0 Å². The van der Waals surface area contributed by atoms with E-state index in [2.05, 4.69) is 0 Å². The van der Waals surface area contributed by atoms with Crippen LogP contribution in [0, 0.1) is 17.6 Å². The van der Waals surface area contributed by atoms with Crippen molar-refractivity contribution in [2.45, 2.75) is 45.6 Å². The first-order valence-corrected chi connectivity index (χ1v) is 12.7. The van der Waals surface area contributed by atoms with E-state index in [1.807, 2.05) is 20.8 Å². The Balaban J connectivity index is 1.47. The second-order valence-electron chi connectivity index (χ2n) is 9.63. The topological polar surface area (TPSA) is 70.2 Å². The van der Waals surface area contributed by atoms with Gasteiger partial charge in [-0.1, -0.05) is 12.1 Å². The first-order chi connectivity index (χ1) is 16.0. The standard InChI is InChI=1S/C24H29F2N3O4S/c1-24(2,3)33-23(30)27-13-10-17(11-14-27)12-15-28-21-6-4-5-7-22(21)29(34(28,31)32)20-9-8-18(25)16-19(20)26/h4-9,16-17H,10-15H2,1-3H3. The summed E-state index contributed by atoms with van der Waals surface area (Å²) in [7, 11) is -4.10. The van der Waals surface area contributed by atoms with Crippen LogP contribution in [0.3, 0.4) is 0 Å². The lowest BCUT2D eigenvalue weighted by Gasteiger charge is -2.34. The summed E-state index contributed by atoms with van der Waals surface area (Å²) in [5.74, 6) is -1.49. The Kier molecular flexibility index (Phi) is 6.46. The molecule has 1 saturated heterocycles. The summed E-state index contributed by atoms with van der Waals surface area (Å²) in [6.07, 6.45) is 1.74. The van der Waals surface area contributed by atoms with E-state index in [1.165, 1.54) is 4.31 Å². The van der Waals surface area contributed by atoms with E-state index in [1.54, 1.807) is 29.2 Å². The van der Waals surface area contributed by atoms with Gasteiger partial charge in [-0.2, -0.15) is 8.42 Å². The minimum absolute atomic E-state index is 0.218. The fourth-order valence-electron chi connectivity index (χ4n) is 4.36. The number of amides is 1. The van der Waals surface area contributed by atoms with Crippen LogP contribution in [0.1, 0.15) is 40.0 Å². The molecule has 0 aliphatic carbocycles. The molecule has 1 fully saturated rings. The van der Waals surface area contributed by atoms with Crippen molar-refractivity contribution in [1.82, 2.24) is 4.90 Å². The number of rotatable bonds is 4. The summed E-state index contributed by atoms with van der Waals surface area (Å²) in [4.78, 5) is 14.0. The molecule has 7 nitrogen and oxygen atoms in total. The minimum atomic E-state index is -4.10. The predicted octanol–water partition coefficient (Wildman–Crippen LogP) is 5.20. The molecule has 10 heteroatoms. The molecular weight excluding hydrogens is 464 g/mol. The van der Waals surface area contributed by atoms with Crippen LogP contribution in [0.15, 0.2) is 42.5 Å². The number of fused-ring (bicyclic) bond motifs is 1. The molecule has 2 aliphatic rings. The van der Waals surface area contributed by atoms with Crippen LogP contribution in [0.5, 0.6) is 0 Å². The number of ether oxygens (including phenoxy) is 1. The summed E-state index contributed by atoms with van der Waals surface area (Å²) < 4.78 is 62.5. The van der Waals surface area contributed by atoms with Crippen molar-refractivity contribution in [2.75, 3.05) is 28.2 Å². The molecule has 0 saturated carbocycles. The first-order valence-electron chi connectivity index (χ1n) is 11.3. The van der Waals surface area contributed by atoms with Crippen molar-refractivity contribution in [3.63, 3.8) is 0 Å². The Morgan fingerprint density at radius 3 is 2.29 bits per heavy atom. The lowest BCUT2D eigenvalue weighted by molar-refractivity contribution is 0.0182. The zero-order valence-corrected chi connectivity index (χ0v) is 20.3. The molecule has 4 rings (SSSR count). The molecule has 0 atom stereocenters. The van der Waals surface area contributed by atoms with Crippen molar-refractivity contribution in [3.8, 4) is 0 Å². The van der Waals surface area contributed by atoms with Gasteiger partial charge in [0.05, 0.1) is 17.1 Å². The Morgan fingerprint density at radius 2 is 1.68 bits per heavy atom. The quantitative estimate of drug-likeness (QED) is 0.587. The van der Waals surface area contributed by atoms with Crippen LogP contribution in [0.25, 0.3) is 0 Å². The van der Waals surface area contributed by atoms with E-state index in [9.17, 15) is 22.0 Å². The lowest BCUT2D eigenvalue weighted by Crippen LogP contribution is -2.42. The van der Waals surface area contributed by atoms with Gasteiger partial charge in [0.25, 0.3) is 0 Å². The van der Waals surface area contributed by atoms with Gasteiger partial charge in [0.15, 0.2) is 5.82 Å². The highest BCUT2D eigenvalue weighted by molar-refractivity contribution is 7.95. The second-order valence-corrected chi connectivity index (χ2v) is 11.3. The number of anilines is 3. The molecule has 0 spiro atoms. The number of hydrogen-bond donors (Lipinski definition) is 0. The van der Waals surface area contributed by atoms with Gasteiger partial charge in [-0.3, -0.25) is 4.31 Å². The number of para-hydroxylation sites is 2. The molecule has 0 N–H and O–H groups in total. The fraction of sp³-hybridized carbons (Fsp3) is 0.458. The maximum atomic E-state index is 14.5. The molecule has 2 heterocycles. The number of benzene rings is 2. The zero-order valence-electron chi connectivity index (χ0n) is 19.5. The average Bonchev–Trinajstić information content (AvgIpc) is 2.97. The predicted molar refractivity (Wildman–Crippen MR) is 126 cm³/mol. The SMILES string of the molecule is CC(C)(C)OC(=O)N1CCC(CCN2c3ccccc3N(c3ccc(F)cc3F)S2(=O)=O)CC1. The molecule has 2 aliphatic heterocycles. The number of halogens is 2. The number of carbonyl (C=O) groups is 1. The van der Waals surface area contributed by atoms with Gasteiger partial charge in [-0.05, 0) is 70.2 Å². The third-order valence-corrected chi connectivity index (χ3v) is 7.80. The number of likely N-dealkylation sites (tertiary alicyclic amines) is 1. The van der Waals surface area contributed by atoms with E-state index < -0.39 is 27.4 Å². The third-order valence-electron chi connectivity index (χ3n) is 6.01. The average molecular weight is 494 g/mol. The molecule has 184 valence electrons. The van der Waals surface area contributed by atoms with E-state index in [0.717, 1.165) is 29.3 Å². The van der Waals surface area contributed by atoms with Gasteiger partial charge in [-0.25, -0.2) is 17.9 Å². The van der Waals surface area contributed by atoms with Crippen molar-refractivity contribution >= 4 is 33.4 Å². The fourth-order valence-corrected chi connectivity index (χ4v) is 6.10. The van der Waals surface area contributed by atoms with Gasteiger partial charge in [0.1, 0.15) is 11.4 Å². The number of carbonyl (C=O) groups excluding carboxylic acids is 1. The highest BCUT2D eigenvalue weighted by Crippen LogP contribution is 2.46. The number of hydrogen-bond acceptors (Lipinski definition) is 4. The van der Waals surface area contributed by atoms with Crippen molar-refractivity contribution < 1.29 is 26.7 Å². The molecule has 0 radical (unpaired) electrons. The van der Waals surface area contributed by atoms with E-state index in [0.29, 0.717) is 37.0 Å². The van der Waals surface area contributed by atoms with E-state index in [-0.39, 0.29) is 24.2 Å². The molecule has 1 amide bonds. The van der Waals surface area contributed by atoms with Crippen LogP contribution in [-0.2, 0) is 14.9 Å². The maximum Gasteiger partial charge on any atom is 0.410 e. The summed E-state index contributed by atoms with van der Waals surface area (Å²) >= 11 is 0. The van der Waals surface area contributed by atoms with Crippen molar-refractivity contribution in [1.29, 1.82) is 0 Å². The molecule has 0 unspecified atom stereocenters. The van der Waals surface area contributed by atoms with Crippen LogP contribution in [-0.4, -0.2) is 44.6 Å². The lowest BCUT2D eigenvalue weighted by atomic mass is 9.93. The Morgan fingerprint density at radius 1 is 1.03 bits per heavy atom. The maximum absolute atomic E-state index is 14.5. The molecule has 2 aromatic rings. The largest absolute Gasteiger partial charge is 0.444 e.